The molecular formula is C17H16O6. The molecule has 0 fully saturated rings. The van der Waals surface area contributed by atoms with Crippen molar-refractivity contribution in [1.82, 2.24) is 0 Å². The van der Waals surface area contributed by atoms with Gasteiger partial charge in [-0.1, -0.05) is 0 Å². The van der Waals surface area contributed by atoms with Gasteiger partial charge in [0.25, 0.3) is 0 Å². The summed E-state index contributed by atoms with van der Waals surface area (Å²) in [4.78, 5) is 22.0. The van der Waals surface area contributed by atoms with E-state index in [2.05, 4.69) is 0 Å². The number of rotatable bonds is 6. The fraction of sp³-hybridized carbons (Fsp3) is 0.176. The molecule has 6 nitrogen and oxygen atoms in total. The van der Waals surface area contributed by atoms with E-state index in [4.69, 9.17) is 19.7 Å². The molecule has 0 aliphatic rings. The van der Waals surface area contributed by atoms with E-state index in [1.165, 1.54) is 36.4 Å². The largest absolute Gasteiger partial charge is 0.491 e. The fourth-order valence-electron chi connectivity index (χ4n) is 1.90. The van der Waals surface area contributed by atoms with Crippen LogP contribution in [0.25, 0.3) is 0 Å². The van der Waals surface area contributed by atoms with Gasteiger partial charge >= 0.3 is 11.9 Å². The molecule has 0 saturated heterocycles. The van der Waals surface area contributed by atoms with E-state index in [9.17, 15) is 9.59 Å². The first-order valence-corrected chi connectivity index (χ1v) is 6.91. The number of hydrogen-bond donors (Lipinski definition) is 2. The summed E-state index contributed by atoms with van der Waals surface area (Å²) >= 11 is 0. The van der Waals surface area contributed by atoms with E-state index in [-0.39, 0.29) is 17.2 Å². The van der Waals surface area contributed by atoms with Crippen molar-refractivity contribution < 1.29 is 29.3 Å². The van der Waals surface area contributed by atoms with Gasteiger partial charge in [-0.3, -0.25) is 0 Å². The van der Waals surface area contributed by atoms with Crippen LogP contribution in [0.1, 0.15) is 34.6 Å². The maximum Gasteiger partial charge on any atom is 0.335 e. The molecule has 0 spiro atoms. The van der Waals surface area contributed by atoms with Gasteiger partial charge in [0.1, 0.15) is 17.2 Å². The molecule has 2 rings (SSSR count). The second kappa shape index (κ2) is 6.83. The average Bonchev–Trinajstić information content (AvgIpc) is 2.46. The van der Waals surface area contributed by atoms with Crippen molar-refractivity contribution in [3.05, 3.63) is 53.6 Å². The molecule has 0 amide bonds. The van der Waals surface area contributed by atoms with Crippen molar-refractivity contribution in [3.8, 4) is 17.2 Å². The molecule has 6 heteroatoms. The molecule has 0 aromatic heterocycles. The molecule has 0 radical (unpaired) electrons. The van der Waals surface area contributed by atoms with Crippen LogP contribution in [0.3, 0.4) is 0 Å². The molecule has 120 valence electrons. The molecule has 0 bridgehead atoms. The fourth-order valence-corrected chi connectivity index (χ4v) is 1.90. The quantitative estimate of drug-likeness (QED) is 0.844. The minimum Gasteiger partial charge on any atom is -0.491 e. The summed E-state index contributed by atoms with van der Waals surface area (Å²) < 4.78 is 11.1. The van der Waals surface area contributed by atoms with E-state index >= 15 is 0 Å². The average molecular weight is 316 g/mol. The Morgan fingerprint density at radius 2 is 1.39 bits per heavy atom. The van der Waals surface area contributed by atoms with Crippen molar-refractivity contribution in [1.29, 1.82) is 0 Å². The standard InChI is InChI=1S/C17H16O6/c1-10(2)22-14-7-12(17(20)21)8-15(9-14)23-13-5-3-11(4-6-13)16(18)19/h3-10H,1-2H3,(H,18,19)(H,20,21). The van der Waals surface area contributed by atoms with Crippen molar-refractivity contribution in [2.45, 2.75) is 20.0 Å². The van der Waals surface area contributed by atoms with Gasteiger partial charge in [-0.05, 0) is 50.2 Å². The highest BCUT2D eigenvalue weighted by molar-refractivity contribution is 5.89. The first-order valence-electron chi connectivity index (χ1n) is 6.91. The van der Waals surface area contributed by atoms with Crippen LogP contribution in [0.2, 0.25) is 0 Å². The summed E-state index contributed by atoms with van der Waals surface area (Å²) in [6, 6.07) is 10.2. The van der Waals surface area contributed by atoms with E-state index in [0.29, 0.717) is 17.2 Å². The van der Waals surface area contributed by atoms with Crippen LogP contribution in [0, 0.1) is 0 Å². The summed E-state index contributed by atoms with van der Waals surface area (Å²) in [5.74, 6) is -1.05. The van der Waals surface area contributed by atoms with Gasteiger partial charge in [-0.15, -0.1) is 0 Å². The van der Waals surface area contributed by atoms with Crippen LogP contribution in [-0.4, -0.2) is 28.3 Å². The summed E-state index contributed by atoms with van der Waals surface area (Å²) in [5.41, 5.74) is 0.181. The normalized spacial score (nSPS) is 10.4. The SMILES string of the molecule is CC(C)Oc1cc(Oc2ccc(C(=O)O)cc2)cc(C(=O)O)c1. The third kappa shape index (κ3) is 4.47. The van der Waals surface area contributed by atoms with E-state index in [1.807, 2.05) is 13.8 Å². The number of benzene rings is 2. The summed E-state index contributed by atoms with van der Waals surface area (Å²) in [6.07, 6.45) is -0.109. The topological polar surface area (TPSA) is 93.1 Å². The molecule has 2 aromatic rings. The second-order valence-corrected chi connectivity index (χ2v) is 5.10. The molecule has 0 atom stereocenters. The molecular weight excluding hydrogens is 300 g/mol. The minimum absolute atomic E-state index is 0.0420. The lowest BCUT2D eigenvalue weighted by atomic mass is 10.2. The zero-order valence-corrected chi connectivity index (χ0v) is 12.6. The zero-order chi connectivity index (χ0) is 17.0. The Bertz CT molecular complexity index is 718. The Balaban J connectivity index is 2.28. The molecule has 0 aliphatic heterocycles. The number of carbonyl (C=O) groups is 2. The Morgan fingerprint density at radius 1 is 0.826 bits per heavy atom. The van der Waals surface area contributed by atoms with Gasteiger partial charge in [0.05, 0.1) is 17.2 Å². The minimum atomic E-state index is -1.09. The zero-order valence-electron chi connectivity index (χ0n) is 12.6. The first kappa shape index (κ1) is 16.4. The Hall–Kier alpha value is -3.02. The Labute approximate surface area is 132 Å². The summed E-state index contributed by atoms with van der Waals surface area (Å²) in [5, 5.41) is 18.0. The highest BCUT2D eigenvalue weighted by Crippen LogP contribution is 2.28. The number of ether oxygens (including phenoxy) is 2. The third-order valence-electron chi connectivity index (χ3n) is 2.84. The second-order valence-electron chi connectivity index (χ2n) is 5.10. The molecule has 0 aliphatic carbocycles. The number of aromatic carboxylic acids is 2. The van der Waals surface area contributed by atoms with Crippen molar-refractivity contribution in [3.63, 3.8) is 0 Å². The molecule has 23 heavy (non-hydrogen) atoms. The highest BCUT2D eigenvalue weighted by atomic mass is 16.5. The molecule has 0 saturated carbocycles. The van der Waals surface area contributed by atoms with Gasteiger partial charge in [-0.25, -0.2) is 9.59 Å². The Kier molecular flexibility index (Phi) is 4.85. The smallest absolute Gasteiger partial charge is 0.335 e. The van der Waals surface area contributed by atoms with E-state index < -0.39 is 11.9 Å². The molecule has 0 heterocycles. The first-order chi connectivity index (χ1) is 10.8. The van der Waals surface area contributed by atoms with E-state index in [0.717, 1.165) is 0 Å². The predicted octanol–water partition coefficient (Wildman–Crippen LogP) is 3.66. The molecule has 2 aromatic carbocycles. The number of carboxylic acid groups (broad SMARTS) is 2. The van der Waals surface area contributed by atoms with Gasteiger partial charge in [-0.2, -0.15) is 0 Å². The summed E-state index contributed by atoms with van der Waals surface area (Å²) in [6.45, 7) is 3.66. The van der Waals surface area contributed by atoms with Crippen LogP contribution in [-0.2, 0) is 0 Å². The number of hydrogen-bond acceptors (Lipinski definition) is 4. The number of carboxylic acids is 2. The van der Waals surface area contributed by atoms with Crippen LogP contribution < -0.4 is 9.47 Å². The van der Waals surface area contributed by atoms with Crippen LogP contribution in [0.5, 0.6) is 17.2 Å². The predicted molar refractivity (Wildman–Crippen MR) is 82.6 cm³/mol. The van der Waals surface area contributed by atoms with Crippen LogP contribution in [0.4, 0.5) is 0 Å². The highest BCUT2D eigenvalue weighted by Gasteiger charge is 2.11. The summed E-state index contributed by atoms with van der Waals surface area (Å²) in [7, 11) is 0. The lowest BCUT2D eigenvalue weighted by molar-refractivity contribution is 0.0685. The van der Waals surface area contributed by atoms with Crippen LogP contribution in [0.15, 0.2) is 42.5 Å². The maximum atomic E-state index is 11.2. The monoisotopic (exact) mass is 316 g/mol. The van der Waals surface area contributed by atoms with E-state index in [1.54, 1.807) is 6.07 Å². The van der Waals surface area contributed by atoms with Crippen LogP contribution >= 0.6 is 0 Å². The Morgan fingerprint density at radius 3 is 1.91 bits per heavy atom. The van der Waals surface area contributed by atoms with Crippen molar-refractivity contribution in [2.75, 3.05) is 0 Å². The van der Waals surface area contributed by atoms with Crippen molar-refractivity contribution in [2.24, 2.45) is 0 Å². The lowest BCUT2D eigenvalue weighted by Gasteiger charge is -2.13. The lowest BCUT2D eigenvalue weighted by Crippen LogP contribution is -2.07. The van der Waals surface area contributed by atoms with Gasteiger partial charge in [0.15, 0.2) is 0 Å². The van der Waals surface area contributed by atoms with Crippen molar-refractivity contribution >= 4 is 11.9 Å². The van der Waals surface area contributed by atoms with Gasteiger partial charge < -0.3 is 19.7 Å². The molecule has 0 unspecified atom stereocenters. The van der Waals surface area contributed by atoms with Gasteiger partial charge in [0.2, 0.25) is 0 Å². The molecule has 2 N–H and O–H groups in total. The third-order valence-corrected chi connectivity index (χ3v) is 2.84. The van der Waals surface area contributed by atoms with Gasteiger partial charge in [0, 0.05) is 6.07 Å². The maximum absolute atomic E-state index is 11.2.